The summed E-state index contributed by atoms with van der Waals surface area (Å²) < 4.78 is 1.93. The topological polar surface area (TPSA) is 102 Å². The van der Waals surface area contributed by atoms with Crippen molar-refractivity contribution in [3.63, 3.8) is 0 Å². The Balaban J connectivity index is 1.56. The number of benzene rings is 2. The molecule has 9 heteroatoms. The summed E-state index contributed by atoms with van der Waals surface area (Å²) in [4.78, 5) is 22.9. The number of para-hydroxylation sites is 1. The number of amides is 1. The number of aryl methyl sites for hydroxylation is 2. The van der Waals surface area contributed by atoms with Crippen LogP contribution in [-0.2, 0) is 4.79 Å². The third-order valence-corrected chi connectivity index (χ3v) is 5.54. The Morgan fingerprint density at radius 1 is 1.14 bits per heavy atom. The van der Waals surface area contributed by atoms with Crippen LogP contribution in [-0.4, -0.2) is 31.2 Å². The molecule has 2 aromatic carbocycles. The highest BCUT2D eigenvalue weighted by Gasteiger charge is 2.15. The smallest absolute Gasteiger partial charge is 0.271 e. The summed E-state index contributed by atoms with van der Waals surface area (Å²) in [6.45, 7) is 3.81. The lowest BCUT2D eigenvalue weighted by atomic mass is 10.1. The van der Waals surface area contributed by atoms with E-state index in [9.17, 15) is 14.9 Å². The van der Waals surface area contributed by atoms with Crippen LogP contribution in [0.3, 0.4) is 0 Å². The highest BCUT2D eigenvalue weighted by Crippen LogP contribution is 2.26. The fourth-order valence-corrected chi connectivity index (χ4v) is 3.89. The Bertz CT molecular complexity index is 1270. The number of nitro groups is 1. The average Bonchev–Trinajstić information content (AvgIpc) is 3.11. The molecule has 4 aromatic rings. The Morgan fingerprint density at radius 3 is 2.72 bits per heavy atom. The molecule has 2 heterocycles. The van der Waals surface area contributed by atoms with Gasteiger partial charge in [-0.15, -0.1) is 10.2 Å². The van der Waals surface area contributed by atoms with Gasteiger partial charge in [0.2, 0.25) is 5.91 Å². The summed E-state index contributed by atoms with van der Waals surface area (Å²) in [5, 5.41) is 23.9. The van der Waals surface area contributed by atoms with E-state index < -0.39 is 4.92 Å². The molecule has 0 aliphatic heterocycles. The molecule has 0 aliphatic rings. The second kappa shape index (κ2) is 7.51. The fraction of sp³-hybridized carbons (Fsp3) is 0.150. The lowest BCUT2D eigenvalue weighted by molar-refractivity contribution is -0.384. The summed E-state index contributed by atoms with van der Waals surface area (Å²) in [6, 6.07) is 14.3. The Labute approximate surface area is 170 Å². The van der Waals surface area contributed by atoms with Gasteiger partial charge in [0.15, 0.2) is 10.8 Å². The molecule has 1 N–H and O–H groups in total. The number of nitrogens with one attached hydrogen (secondary N) is 1. The predicted octanol–water partition coefficient (Wildman–Crippen LogP) is 4.14. The van der Waals surface area contributed by atoms with E-state index in [2.05, 4.69) is 15.5 Å². The number of thioether (sulfide) groups is 1. The molecule has 0 saturated carbocycles. The molecule has 0 radical (unpaired) electrons. The third-order valence-electron chi connectivity index (χ3n) is 4.61. The van der Waals surface area contributed by atoms with Crippen molar-refractivity contribution < 1.29 is 9.72 Å². The van der Waals surface area contributed by atoms with Crippen molar-refractivity contribution in [1.82, 2.24) is 14.6 Å². The molecule has 29 heavy (non-hydrogen) atoms. The zero-order chi connectivity index (χ0) is 20.5. The van der Waals surface area contributed by atoms with Crippen molar-refractivity contribution in [2.75, 3.05) is 11.1 Å². The molecule has 0 spiro atoms. The minimum atomic E-state index is -0.487. The van der Waals surface area contributed by atoms with E-state index >= 15 is 0 Å². The molecule has 0 bridgehead atoms. The molecular weight excluding hydrogens is 390 g/mol. The quantitative estimate of drug-likeness (QED) is 0.303. The average molecular weight is 407 g/mol. The van der Waals surface area contributed by atoms with E-state index in [4.69, 9.17) is 0 Å². The summed E-state index contributed by atoms with van der Waals surface area (Å²) in [6.07, 6.45) is 0. The first kappa shape index (κ1) is 18.9. The number of nitro benzene ring substituents is 1. The number of hydrogen-bond donors (Lipinski definition) is 1. The molecule has 0 aliphatic carbocycles. The number of non-ortho nitro benzene ring substituents is 1. The lowest BCUT2D eigenvalue weighted by Gasteiger charge is -2.09. The van der Waals surface area contributed by atoms with Crippen LogP contribution in [0.1, 0.15) is 11.1 Å². The van der Waals surface area contributed by atoms with Crippen LogP contribution in [0.25, 0.3) is 16.6 Å². The number of carbonyl (C=O) groups is 1. The van der Waals surface area contributed by atoms with Crippen LogP contribution in [0.15, 0.2) is 53.7 Å². The normalized spacial score (nSPS) is 11.1. The molecule has 0 unspecified atom stereocenters. The van der Waals surface area contributed by atoms with Crippen LogP contribution in [0.2, 0.25) is 0 Å². The molecule has 8 nitrogen and oxygen atoms in total. The molecular formula is C20H17N5O3S. The van der Waals surface area contributed by atoms with Crippen molar-refractivity contribution in [1.29, 1.82) is 0 Å². The van der Waals surface area contributed by atoms with Gasteiger partial charge in [-0.1, -0.05) is 36.0 Å². The first-order chi connectivity index (χ1) is 13.9. The minimum Gasteiger partial charge on any atom is -0.325 e. The second-order valence-corrected chi connectivity index (χ2v) is 7.56. The summed E-state index contributed by atoms with van der Waals surface area (Å²) >= 11 is 1.26. The van der Waals surface area contributed by atoms with Crippen molar-refractivity contribution in [3.8, 4) is 0 Å². The SMILES string of the molecule is Cc1ccc([N+](=O)[O-])cc1NC(=O)CSc1nnc2cc(C)c3ccccc3n12. The van der Waals surface area contributed by atoms with Gasteiger partial charge < -0.3 is 5.32 Å². The van der Waals surface area contributed by atoms with Crippen LogP contribution in [0.5, 0.6) is 0 Å². The number of fused-ring (bicyclic) bond motifs is 3. The zero-order valence-electron chi connectivity index (χ0n) is 15.7. The van der Waals surface area contributed by atoms with Gasteiger partial charge in [-0.2, -0.15) is 0 Å². The fourth-order valence-electron chi connectivity index (χ4n) is 3.14. The van der Waals surface area contributed by atoms with Gasteiger partial charge in [0.25, 0.3) is 5.69 Å². The monoisotopic (exact) mass is 407 g/mol. The number of hydrogen-bond acceptors (Lipinski definition) is 6. The zero-order valence-corrected chi connectivity index (χ0v) is 16.6. The number of rotatable bonds is 5. The van der Waals surface area contributed by atoms with Crippen molar-refractivity contribution in [2.24, 2.45) is 0 Å². The van der Waals surface area contributed by atoms with Gasteiger partial charge in [0.1, 0.15) is 0 Å². The summed E-state index contributed by atoms with van der Waals surface area (Å²) in [7, 11) is 0. The minimum absolute atomic E-state index is 0.0659. The largest absolute Gasteiger partial charge is 0.325 e. The van der Waals surface area contributed by atoms with Crippen molar-refractivity contribution >= 4 is 45.6 Å². The van der Waals surface area contributed by atoms with E-state index in [0.29, 0.717) is 10.8 Å². The maximum Gasteiger partial charge on any atom is 0.271 e. The highest BCUT2D eigenvalue weighted by molar-refractivity contribution is 7.99. The number of nitrogens with zero attached hydrogens (tertiary/aromatic N) is 4. The van der Waals surface area contributed by atoms with Crippen LogP contribution >= 0.6 is 11.8 Å². The lowest BCUT2D eigenvalue weighted by Crippen LogP contribution is -2.15. The van der Waals surface area contributed by atoms with Gasteiger partial charge in [0, 0.05) is 17.5 Å². The van der Waals surface area contributed by atoms with Crippen LogP contribution in [0, 0.1) is 24.0 Å². The van der Waals surface area contributed by atoms with E-state index in [1.165, 1.54) is 23.9 Å². The molecule has 0 fully saturated rings. The van der Waals surface area contributed by atoms with E-state index in [-0.39, 0.29) is 17.3 Å². The molecule has 146 valence electrons. The Hall–Kier alpha value is -3.46. The first-order valence-corrected chi connectivity index (χ1v) is 9.84. The Kier molecular flexibility index (Phi) is 4.89. The predicted molar refractivity (Wildman–Crippen MR) is 112 cm³/mol. The van der Waals surface area contributed by atoms with Crippen molar-refractivity contribution in [3.05, 3.63) is 69.8 Å². The summed E-state index contributed by atoms with van der Waals surface area (Å²) in [5.74, 6) is -0.169. The van der Waals surface area contributed by atoms with Gasteiger partial charge in [-0.25, -0.2) is 0 Å². The van der Waals surface area contributed by atoms with E-state index in [1.807, 2.05) is 41.7 Å². The maximum absolute atomic E-state index is 12.4. The molecule has 0 atom stereocenters. The molecule has 2 aromatic heterocycles. The van der Waals surface area contributed by atoms with Gasteiger partial charge >= 0.3 is 0 Å². The maximum atomic E-state index is 12.4. The Morgan fingerprint density at radius 2 is 1.93 bits per heavy atom. The number of carbonyl (C=O) groups excluding carboxylic acids is 1. The van der Waals surface area contributed by atoms with E-state index in [0.717, 1.165) is 27.7 Å². The number of pyridine rings is 1. The standard InChI is InChI=1S/C20H17N5O3S/c1-12-7-8-14(25(27)28)10-16(12)21-19(26)11-29-20-23-22-18-9-13(2)15-5-3-4-6-17(15)24(18)20/h3-10H,11H2,1-2H3,(H,21,26). The van der Waals surface area contributed by atoms with Crippen molar-refractivity contribution in [2.45, 2.75) is 19.0 Å². The van der Waals surface area contributed by atoms with Crippen LogP contribution in [0.4, 0.5) is 11.4 Å². The van der Waals surface area contributed by atoms with E-state index in [1.54, 1.807) is 13.0 Å². The molecule has 4 rings (SSSR count). The second-order valence-electron chi connectivity index (χ2n) is 6.61. The number of aromatic nitrogens is 3. The first-order valence-electron chi connectivity index (χ1n) is 8.85. The van der Waals surface area contributed by atoms with Gasteiger partial charge in [-0.3, -0.25) is 19.3 Å². The molecule has 0 saturated heterocycles. The highest BCUT2D eigenvalue weighted by atomic mass is 32.2. The summed E-state index contributed by atoms with van der Waals surface area (Å²) in [5.41, 5.74) is 3.92. The molecule has 1 amide bonds. The van der Waals surface area contributed by atoms with Crippen LogP contribution < -0.4 is 5.32 Å². The van der Waals surface area contributed by atoms with Gasteiger partial charge in [-0.05, 0) is 37.1 Å². The van der Waals surface area contributed by atoms with Gasteiger partial charge in [0.05, 0.1) is 21.9 Å². The third kappa shape index (κ3) is 3.64. The number of anilines is 1.